The van der Waals surface area contributed by atoms with Gasteiger partial charge in [-0.3, -0.25) is 0 Å². The zero-order valence-corrected chi connectivity index (χ0v) is 14.5. The van der Waals surface area contributed by atoms with Crippen molar-refractivity contribution in [2.24, 2.45) is 0 Å². The minimum Gasteiger partial charge on any atom is -0.539 e. The highest BCUT2D eigenvalue weighted by atomic mass is 16.5. The van der Waals surface area contributed by atoms with E-state index < -0.39 is 0 Å². The van der Waals surface area contributed by atoms with Gasteiger partial charge in [0.25, 0.3) is 0 Å². The quantitative estimate of drug-likeness (QED) is 0.574. The van der Waals surface area contributed by atoms with Crippen LogP contribution in [-0.2, 0) is 0 Å². The number of hydrogen-bond donors (Lipinski definition) is 1. The fourth-order valence-corrected chi connectivity index (χ4v) is 2.27. The number of benzene rings is 3. The maximum atomic E-state index is 8.72. The van der Waals surface area contributed by atoms with E-state index in [9.17, 15) is 0 Å². The topological polar surface area (TPSA) is 29.5 Å². The second kappa shape index (κ2) is 8.63. The molecule has 124 valence electrons. The molecule has 0 aliphatic heterocycles. The summed E-state index contributed by atoms with van der Waals surface area (Å²) in [5.74, 6) is 13.2. The van der Waals surface area contributed by atoms with Crippen LogP contribution in [0, 0.1) is 30.6 Å². The molecule has 0 amide bonds. The Morgan fingerprint density at radius 3 is 1.35 bits per heavy atom. The average molecular weight is 336 g/mol. The van der Waals surface area contributed by atoms with Crippen LogP contribution in [0.3, 0.4) is 0 Å². The summed E-state index contributed by atoms with van der Waals surface area (Å²) in [7, 11) is -0.329. The molecule has 0 aromatic heterocycles. The molecule has 0 saturated heterocycles. The first kappa shape index (κ1) is 17.4. The first-order chi connectivity index (χ1) is 12.7. The van der Waals surface area contributed by atoms with E-state index in [1.165, 1.54) is 5.56 Å². The summed E-state index contributed by atoms with van der Waals surface area (Å²) in [6.07, 6.45) is 0. The van der Waals surface area contributed by atoms with Crippen LogP contribution >= 0.6 is 0 Å². The molecule has 2 nitrogen and oxygen atoms in total. The number of rotatable bonds is 2. The predicted molar refractivity (Wildman–Crippen MR) is 106 cm³/mol. The van der Waals surface area contributed by atoms with E-state index in [0.717, 1.165) is 22.3 Å². The van der Waals surface area contributed by atoms with Crippen LogP contribution in [0.5, 0.6) is 5.75 Å². The van der Waals surface area contributed by atoms with E-state index in [4.69, 9.17) is 9.68 Å². The molecule has 0 aliphatic carbocycles. The minimum absolute atomic E-state index is 0.329. The van der Waals surface area contributed by atoms with Crippen molar-refractivity contribution < 1.29 is 9.68 Å². The molecule has 26 heavy (non-hydrogen) atoms. The lowest BCUT2D eigenvalue weighted by Gasteiger charge is -2.00. The van der Waals surface area contributed by atoms with E-state index >= 15 is 0 Å². The van der Waals surface area contributed by atoms with Crippen molar-refractivity contribution in [2.75, 3.05) is 0 Å². The first-order valence-electron chi connectivity index (χ1n) is 8.27. The average Bonchev–Trinajstić information content (AvgIpc) is 2.68. The van der Waals surface area contributed by atoms with Crippen molar-refractivity contribution in [2.45, 2.75) is 6.92 Å². The van der Waals surface area contributed by atoms with Gasteiger partial charge in [0.05, 0.1) is 0 Å². The van der Waals surface area contributed by atoms with Gasteiger partial charge in [0.15, 0.2) is 0 Å². The molecule has 0 unspecified atom stereocenters. The Kier molecular flexibility index (Phi) is 5.78. The fraction of sp³-hybridized carbons (Fsp3) is 0.0435. The summed E-state index contributed by atoms with van der Waals surface area (Å²) in [5, 5.41) is 8.72. The monoisotopic (exact) mass is 336 g/mol. The maximum Gasteiger partial charge on any atom is 0.504 e. The molecule has 3 aromatic carbocycles. The van der Waals surface area contributed by atoms with Gasteiger partial charge in [0.2, 0.25) is 0 Å². The summed E-state index contributed by atoms with van der Waals surface area (Å²) < 4.78 is 4.99. The third kappa shape index (κ3) is 5.05. The molecule has 0 spiro atoms. The highest BCUT2D eigenvalue weighted by Crippen LogP contribution is 2.11. The molecule has 0 heterocycles. The molecule has 0 bridgehead atoms. The van der Waals surface area contributed by atoms with Crippen molar-refractivity contribution >= 4 is 7.69 Å². The zero-order valence-electron chi connectivity index (χ0n) is 14.5. The summed E-state index contributed by atoms with van der Waals surface area (Å²) >= 11 is 0. The van der Waals surface area contributed by atoms with E-state index in [1.807, 2.05) is 48.5 Å². The van der Waals surface area contributed by atoms with Crippen LogP contribution in [0.15, 0.2) is 72.8 Å². The second-order valence-electron chi connectivity index (χ2n) is 5.74. The van der Waals surface area contributed by atoms with Crippen molar-refractivity contribution in [3.8, 4) is 29.4 Å². The van der Waals surface area contributed by atoms with Gasteiger partial charge in [0.1, 0.15) is 5.75 Å². The van der Waals surface area contributed by atoms with Crippen molar-refractivity contribution in [1.82, 2.24) is 0 Å². The van der Waals surface area contributed by atoms with Crippen molar-refractivity contribution in [1.29, 1.82) is 0 Å². The molecule has 3 aromatic rings. The van der Waals surface area contributed by atoms with Gasteiger partial charge < -0.3 is 9.68 Å². The van der Waals surface area contributed by atoms with Gasteiger partial charge in [-0.25, -0.2) is 0 Å². The Labute approximate surface area is 154 Å². The Bertz CT molecular complexity index is 981. The summed E-state index contributed by atoms with van der Waals surface area (Å²) in [6, 6.07) is 23.3. The standard InChI is InChI=1S/C23H17BO2/c1-18-2-4-19(5-3-18)6-7-20-8-10-21(11-9-20)12-13-22-14-16-23(17-15-22)26-24-25/h2-5,8-11,14-17,24-25H,1H3. The van der Waals surface area contributed by atoms with Crippen molar-refractivity contribution in [3.05, 3.63) is 101 Å². The predicted octanol–water partition coefficient (Wildman–Crippen LogP) is 3.43. The van der Waals surface area contributed by atoms with Gasteiger partial charge >= 0.3 is 7.69 Å². The SMILES string of the molecule is Cc1ccc(C#Cc2ccc(C#Cc3ccc(OBO)cc3)cc2)cc1. The van der Waals surface area contributed by atoms with E-state index in [0.29, 0.717) is 5.75 Å². The molecule has 0 atom stereocenters. The van der Waals surface area contributed by atoms with Gasteiger partial charge in [-0.2, -0.15) is 0 Å². The zero-order chi connectivity index (χ0) is 18.2. The Morgan fingerprint density at radius 2 is 0.962 bits per heavy atom. The highest BCUT2D eigenvalue weighted by molar-refractivity contribution is 6.17. The van der Waals surface area contributed by atoms with Crippen LogP contribution in [0.1, 0.15) is 27.8 Å². The van der Waals surface area contributed by atoms with E-state index in [-0.39, 0.29) is 7.69 Å². The third-order valence-electron chi connectivity index (χ3n) is 3.72. The summed E-state index contributed by atoms with van der Waals surface area (Å²) in [4.78, 5) is 0. The van der Waals surface area contributed by atoms with E-state index in [1.54, 1.807) is 12.1 Å². The summed E-state index contributed by atoms with van der Waals surface area (Å²) in [6.45, 7) is 2.06. The second-order valence-corrected chi connectivity index (χ2v) is 5.74. The van der Waals surface area contributed by atoms with Gasteiger partial charge in [-0.15, -0.1) is 0 Å². The van der Waals surface area contributed by atoms with Crippen LogP contribution in [-0.4, -0.2) is 12.7 Å². The fourth-order valence-electron chi connectivity index (χ4n) is 2.27. The summed E-state index contributed by atoms with van der Waals surface area (Å²) in [5.41, 5.74) is 5.02. The van der Waals surface area contributed by atoms with Crippen LogP contribution in [0.2, 0.25) is 0 Å². The lowest BCUT2D eigenvalue weighted by atomic mass is 10.1. The molecule has 0 saturated carbocycles. The first-order valence-corrected chi connectivity index (χ1v) is 8.27. The number of aryl methyl sites for hydroxylation is 1. The highest BCUT2D eigenvalue weighted by Gasteiger charge is 1.93. The maximum absolute atomic E-state index is 8.72. The molecule has 1 N–H and O–H groups in total. The molecular formula is C23H17BO2. The smallest absolute Gasteiger partial charge is 0.504 e. The molecule has 0 fully saturated rings. The largest absolute Gasteiger partial charge is 0.539 e. The lowest BCUT2D eigenvalue weighted by Crippen LogP contribution is -1.99. The lowest BCUT2D eigenvalue weighted by molar-refractivity contribution is 0.454. The molecular weight excluding hydrogens is 319 g/mol. The minimum atomic E-state index is -0.329. The Balaban J connectivity index is 1.68. The van der Waals surface area contributed by atoms with Crippen LogP contribution in [0.4, 0.5) is 0 Å². The van der Waals surface area contributed by atoms with Crippen LogP contribution in [0.25, 0.3) is 0 Å². The molecule has 3 rings (SSSR count). The number of hydrogen-bond acceptors (Lipinski definition) is 2. The van der Waals surface area contributed by atoms with E-state index in [2.05, 4.69) is 42.7 Å². The molecule has 3 heteroatoms. The van der Waals surface area contributed by atoms with Gasteiger partial charge in [-0.05, 0) is 67.6 Å². The van der Waals surface area contributed by atoms with Crippen molar-refractivity contribution in [3.63, 3.8) is 0 Å². The molecule has 0 radical (unpaired) electrons. The van der Waals surface area contributed by atoms with Gasteiger partial charge in [-0.1, -0.05) is 41.4 Å². The third-order valence-corrected chi connectivity index (χ3v) is 3.72. The molecule has 0 aliphatic rings. The normalized spacial score (nSPS) is 9.31. The van der Waals surface area contributed by atoms with Gasteiger partial charge in [0, 0.05) is 22.3 Å². The Hall–Kier alpha value is -3.40. The van der Waals surface area contributed by atoms with Crippen LogP contribution < -0.4 is 4.65 Å². The Morgan fingerprint density at radius 1 is 0.615 bits per heavy atom.